The summed E-state index contributed by atoms with van der Waals surface area (Å²) in [6.45, 7) is 4.78. The van der Waals surface area contributed by atoms with E-state index in [1.165, 1.54) is 6.42 Å². The van der Waals surface area contributed by atoms with Gasteiger partial charge in [-0.25, -0.2) is 0 Å². The van der Waals surface area contributed by atoms with Crippen LogP contribution in [0.15, 0.2) is 0 Å². The highest BCUT2D eigenvalue weighted by Gasteiger charge is 2.40. The molecule has 2 rings (SSSR count). The van der Waals surface area contributed by atoms with Gasteiger partial charge in [-0.3, -0.25) is 0 Å². The lowest BCUT2D eigenvalue weighted by Crippen LogP contribution is -2.27. The van der Waals surface area contributed by atoms with E-state index in [1.807, 2.05) is 0 Å². The first kappa shape index (κ1) is 8.05. The normalized spacial score (nSPS) is 40.9. The van der Waals surface area contributed by atoms with E-state index in [-0.39, 0.29) is 7.92 Å². The van der Waals surface area contributed by atoms with Gasteiger partial charge in [-0.15, -0.1) is 0 Å². The molecule has 0 amide bonds. The molecule has 1 aliphatic heterocycles. The molecule has 0 unspecified atom stereocenters. The first-order chi connectivity index (χ1) is 5.29. The summed E-state index contributed by atoms with van der Waals surface area (Å²) in [7, 11) is 0.222. The highest BCUT2D eigenvalue weighted by Crippen LogP contribution is 2.68. The van der Waals surface area contributed by atoms with Crippen LogP contribution in [0, 0.1) is 31.3 Å². The molecule has 1 aliphatic carbocycles. The zero-order valence-electron chi connectivity index (χ0n) is 7.12. The lowest BCUT2D eigenvalue weighted by atomic mass is 10.2. The van der Waals surface area contributed by atoms with Crippen molar-refractivity contribution in [1.29, 1.82) is 0 Å². The van der Waals surface area contributed by atoms with Crippen LogP contribution in [0.5, 0.6) is 0 Å². The predicted molar refractivity (Wildman–Crippen MR) is 50.9 cm³/mol. The molecule has 2 atom stereocenters. The van der Waals surface area contributed by atoms with Crippen LogP contribution >= 0.6 is 7.92 Å². The lowest BCUT2D eigenvalue weighted by Gasteiger charge is -2.45. The van der Waals surface area contributed by atoms with Gasteiger partial charge >= 0.3 is 0 Å². The molecule has 2 aliphatic rings. The Hall–Kier alpha value is 0.430. The first-order valence-corrected chi connectivity index (χ1v) is 5.77. The fourth-order valence-electron chi connectivity index (χ4n) is 2.06. The number of hydrogen-bond donors (Lipinski definition) is 0. The Labute approximate surface area is 71.5 Å². The van der Waals surface area contributed by atoms with Gasteiger partial charge in [0.15, 0.2) is 0 Å². The van der Waals surface area contributed by atoms with Gasteiger partial charge in [0.1, 0.15) is 0 Å². The molecule has 11 heavy (non-hydrogen) atoms. The van der Waals surface area contributed by atoms with Crippen LogP contribution < -0.4 is 0 Å². The molecule has 2 fully saturated rings. The maximum Gasteiger partial charge on any atom is 0.00801 e. The fourth-order valence-corrected chi connectivity index (χ4v) is 5.16. The van der Waals surface area contributed by atoms with Crippen molar-refractivity contribution in [2.24, 2.45) is 0 Å². The molecule has 0 aromatic carbocycles. The van der Waals surface area contributed by atoms with Crippen LogP contribution in [0.4, 0.5) is 0 Å². The summed E-state index contributed by atoms with van der Waals surface area (Å²) in [5, 5.41) is 0. The van der Waals surface area contributed by atoms with E-state index >= 15 is 0 Å². The fraction of sp³-hybridized carbons (Fsp3) is 0.500. The molecule has 1 saturated carbocycles. The monoisotopic (exact) mass is 165 g/mol. The summed E-state index contributed by atoms with van der Waals surface area (Å²) in [5.74, 6) is 0. The van der Waals surface area contributed by atoms with Crippen LogP contribution in [0.25, 0.3) is 0 Å². The topological polar surface area (TPSA) is 0 Å². The van der Waals surface area contributed by atoms with Crippen molar-refractivity contribution in [1.82, 2.24) is 0 Å². The largest absolute Gasteiger partial charge is 0.0929 e. The minimum atomic E-state index is 0.222. The molecule has 1 heteroatoms. The second-order valence-electron chi connectivity index (χ2n) is 3.48. The summed E-state index contributed by atoms with van der Waals surface area (Å²) >= 11 is 0. The van der Waals surface area contributed by atoms with Crippen LogP contribution in [0.3, 0.4) is 0 Å². The van der Waals surface area contributed by atoms with E-state index in [9.17, 15) is 0 Å². The molecule has 0 spiro atoms. The maximum atomic E-state index is 2.39. The van der Waals surface area contributed by atoms with E-state index in [0.717, 1.165) is 11.3 Å². The van der Waals surface area contributed by atoms with Gasteiger partial charge in [-0.1, -0.05) is 21.8 Å². The Kier molecular flexibility index (Phi) is 2.23. The van der Waals surface area contributed by atoms with E-state index in [0.29, 0.717) is 0 Å². The quantitative estimate of drug-likeness (QED) is 0.524. The minimum Gasteiger partial charge on any atom is -0.0929 e. The third-order valence-electron chi connectivity index (χ3n) is 2.58. The van der Waals surface area contributed by atoms with Gasteiger partial charge in [-0.2, -0.15) is 0 Å². The van der Waals surface area contributed by atoms with Gasteiger partial charge in [0.05, 0.1) is 0 Å². The van der Waals surface area contributed by atoms with Gasteiger partial charge in [-0.05, 0) is 43.4 Å². The Bertz CT molecular complexity index is 130. The third kappa shape index (κ3) is 1.35. The van der Waals surface area contributed by atoms with Gasteiger partial charge in [0.25, 0.3) is 0 Å². The van der Waals surface area contributed by atoms with Crippen molar-refractivity contribution in [3.05, 3.63) is 31.3 Å². The zero-order chi connectivity index (χ0) is 7.84. The summed E-state index contributed by atoms with van der Waals surface area (Å²) < 4.78 is 0. The van der Waals surface area contributed by atoms with Crippen LogP contribution in [-0.4, -0.2) is 11.3 Å². The summed E-state index contributed by atoms with van der Waals surface area (Å²) in [4.78, 5) is 0. The van der Waals surface area contributed by atoms with Gasteiger partial charge < -0.3 is 0 Å². The average Bonchev–Trinajstić information content (AvgIpc) is 2.39. The average molecular weight is 165 g/mol. The van der Waals surface area contributed by atoms with Crippen molar-refractivity contribution in [2.45, 2.75) is 31.6 Å². The molecule has 0 bridgehead atoms. The molecule has 0 N–H and O–H groups in total. The molecule has 1 saturated heterocycles. The summed E-state index contributed by atoms with van der Waals surface area (Å²) in [6.07, 6.45) is 10.3. The van der Waals surface area contributed by atoms with Crippen molar-refractivity contribution in [3.8, 4) is 0 Å². The summed E-state index contributed by atoms with van der Waals surface area (Å²) in [6, 6.07) is 0. The van der Waals surface area contributed by atoms with E-state index in [4.69, 9.17) is 0 Å². The molecule has 0 aromatic rings. The third-order valence-corrected chi connectivity index (χ3v) is 5.79. The zero-order valence-corrected chi connectivity index (χ0v) is 8.01. The van der Waals surface area contributed by atoms with E-state index in [2.05, 4.69) is 39.5 Å². The van der Waals surface area contributed by atoms with Crippen LogP contribution in [0.1, 0.15) is 20.3 Å². The van der Waals surface area contributed by atoms with Crippen LogP contribution in [-0.2, 0) is 0 Å². The van der Waals surface area contributed by atoms with Crippen molar-refractivity contribution in [2.75, 3.05) is 0 Å². The Balaban J connectivity index is 1.92. The number of hydrogen-bond acceptors (Lipinski definition) is 0. The van der Waals surface area contributed by atoms with Gasteiger partial charge in [0.2, 0.25) is 0 Å². The highest BCUT2D eigenvalue weighted by molar-refractivity contribution is 7.64. The standard InChI is InChI=1S/C10H14P/c1-8-7-9(2)11(8)10-5-3-4-6-10/h3-6,8-9H,7H2,1-2H3/t8-,9-/m0/s1. The van der Waals surface area contributed by atoms with Crippen molar-refractivity contribution >= 4 is 7.92 Å². The minimum absolute atomic E-state index is 0.222. The second kappa shape index (κ2) is 3.05. The molecule has 1 heterocycles. The van der Waals surface area contributed by atoms with E-state index < -0.39 is 0 Å². The Morgan fingerprint density at radius 1 is 1.18 bits per heavy atom. The molecule has 0 nitrogen and oxygen atoms in total. The lowest BCUT2D eigenvalue weighted by molar-refractivity contribution is 0.707. The predicted octanol–water partition coefficient (Wildman–Crippen LogP) is 3.01. The molecule has 59 valence electrons. The SMILES string of the molecule is C[C@H]1C[C@H](C)P1[C]1[CH][CH][CH][CH]1. The van der Waals surface area contributed by atoms with Crippen molar-refractivity contribution < 1.29 is 0 Å². The number of rotatable bonds is 1. The Morgan fingerprint density at radius 2 is 1.73 bits per heavy atom. The molecule has 5 radical (unpaired) electrons. The summed E-state index contributed by atoms with van der Waals surface area (Å²) in [5.41, 5.74) is 3.57. The molecular weight excluding hydrogens is 151 g/mol. The second-order valence-corrected chi connectivity index (χ2v) is 6.58. The Morgan fingerprint density at radius 3 is 2.18 bits per heavy atom. The maximum absolute atomic E-state index is 2.39. The van der Waals surface area contributed by atoms with E-state index in [1.54, 1.807) is 5.66 Å². The molecular formula is C10H14P. The first-order valence-electron chi connectivity index (χ1n) is 4.29. The molecule has 0 aromatic heterocycles. The highest BCUT2D eigenvalue weighted by atomic mass is 31.1. The van der Waals surface area contributed by atoms with Crippen molar-refractivity contribution in [3.63, 3.8) is 0 Å². The van der Waals surface area contributed by atoms with Crippen LogP contribution in [0.2, 0.25) is 0 Å². The van der Waals surface area contributed by atoms with Gasteiger partial charge in [0, 0.05) is 5.66 Å². The smallest absolute Gasteiger partial charge is 0.00801 e.